The molecule has 2 rings (SSSR count). The van der Waals surface area contributed by atoms with Crippen molar-refractivity contribution in [2.75, 3.05) is 11.8 Å². The Labute approximate surface area is 124 Å². The molecule has 2 aromatic rings. The van der Waals surface area contributed by atoms with Crippen LogP contribution in [0, 0.1) is 0 Å². The van der Waals surface area contributed by atoms with Crippen molar-refractivity contribution in [2.24, 2.45) is 7.05 Å². The largest absolute Gasteiger partial charge is 0.465 e. The number of nitrogens with one attached hydrogen (secondary N) is 1. The standard InChI is InChI=1S/C10H10ClN3O4S2/c1-14-5-12-9(8(14)11)20(16,17)13-6-3-4-19-7(6)10(15)18-2/h3-5,13H,1-2H3. The van der Waals surface area contributed by atoms with Gasteiger partial charge in [-0.15, -0.1) is 11.3 Å². The summed E-state index contributed by atoms with van der Waals surface area (Å²) >= 11 is 6.92. The van der Waals surface area contributed by atoms with Gasteiger partial charge in [-0.1, -0.05) is 11.6 Å². The van der Waals surface area contributed by atoms with Crippen LogP contribution in [0.4, 0.5) is 5.69 Å². The molecule has 0 aliphatic carbocycles. The Morgan fingerprint density at radius 3 is 2.80 bits per heavy atom. The molecule has 0 aromatic carbocycles. The van der Waals surface area contributed by atoms with Crippen molar-refractivity contribution in [3.63, 3.8) is 0 Å². The van der Waals surface area contributed by atoms with Gasteiger partial charge < -0.3 is 9.30 Å². The SMILES string of the molecule is COC(=O)c1sccc1NS(=O)(=O)c1ncn(C)c1Cl. The molecule has 0 radical (unpaired) electrons. The number of methoxy groups -OCH3 is 1. The number of carbonyl (C=O) groups excluding carboxylic acids is 1. The second-order valence-corrected chi connectivity index (χ2v) is 6.58. The van der Waals surface area contributed by atoms with Crippen molar-refractivity contribution < 1.29 is 17.9 Å². The van der Waals surface area contributed by atoms with Crippen molar-refractivity contribution in [1.82, 2.24) is 9.55 Å². The number of ether oxygens (including phenoxy) is 1. The molecule has 0 saturated heterocycles. The van der Waals surface area contributed by atoms with Gasteiger partial charge in [-0.25, -0.2) is 9.78 Å². The number of nitrogens with zero attached hydrogens (tertiary/aromatic N) is 2. The van der Waals surface area contributed by atoms with E-state index in [2.05, 4.69) is 14.4 Å². The molecule has 0 aliphatic heterocycles. The topological polar surface area (TPSA) is 90.3 Å². The molecule has 1 N–H and O–H groups in total. The van der Waals surface area contributed by atoms with Crippen LogP contribution in [0.5, 0.6) is 0 Å². The summed E-state index contributed by atoms with van der Waals surface area (Å²) in [7, 11) is -1.19. The maximum atomic E-state index is 12.2. The summed E-state index contributed by atoms with van der Waals surface area (Å²) in [5.41, 5.74) is 0.128. The molecule has 0 fully saturated rings. The van der Waals surface area contributed by atoms with Crippen molar-refractivity contribution in [3.8, 4) is 0 Å². The van der Waals surface area contributed by atoms with Gasteiger partial charge in [0.2, 0.25) is 5.03 Å². The summed E-state index contributed by atoms with van der Waals surface area (Å²) < 4.78 is 32.6. The number of aromatic nitrogens is 2. The lowest BCUT2D eigenvalue weighted by atomic mass is 10.4. The van der Waals surface area contributed by atoms with Gasteiger partial charge in [-0.05, 0) is 11.4 Å². The average molecular weight is 336 g/mol. The van der Waals surface area contributed by atoms with E-state index in [1.807, 2.05) is 0 Å². The van der Waals surface area contributed by atoms with E-state index in [1.54, 1.807) is 12.4 Å². The van der Waals surface area contributed by atoms with Crippen LogP contribution in [0.15, 0.2) is 22.8 Å². The van der Waals surface area contributed by atoms with E-state index in [0.717, 1.165) is 11.3 Å². The number of esters is 1. The Hall–Kier alpha value is -1.58. The number of imidazole rings is 1. The first-order valence-electron chi connectivity index (χ1n) is 5.22. The van der Waals surface area contributed by atoms with E-state index in [-0.39, 0.29) is 20.7 Å². The molecular weight excluding hydrogens is 326 g/mol. The van der Waals surface area contributed by atoms with Crippen molar-refractivity contribution in [3.05, 3.63) is 27.8 Å². The summed E-state index contributed by atoms with van der Waals surface area (Å²) in [6.07, 6.45) is 1.28. The molecule has 0 bridgehead atoms. The molecule has 2 aromatic heterocycles. The highest BCUT2D eigenvalue weighted by molar-refractivity contribution is 7.92. The van der Waals surface area contributed by atoms with E-state index in [0.29, 0.717) is 0 Å². The monoisotopic (exact) mass is 335 g/mol. The van der Waals surface area contributed by atoms with Crippen LogP contribution in [0.3, 0.4) is 0 Å². The summed E-state index contributed by atoms with van der Waals surface area (Å²) in [5, 5.41) is 1.25. The quantitative estimate of drug-likeness (QED) is 0.859. The Morgan fingerprint density at radius 1 is 1.55 bits per heavy atom. The van der Waals surface area contributed by atoms with Crippen molar-refractivity contribution >= 4 is 44.6 Å². The molecule has 0 aliphatic rings. The predicted octanol–water partition coefficient (Wildman–Crippen LogP) is 1.72. The molecule has 20 heavy (non-hydrogen) atoms. The number of sulfonamides is 1. The summed E-state index contributed by atoms with van der Waals surface area (Å²) in [4.78, 5) is 15.4. The molecule has 0 unspecified atom stereocenters. The number of hydrogen-bond acceptors (Lipinski definition) is 6. The van der Waals surface area contributed by atoms with Gasteiger partial charge in [-0.2, -0.15) is 8.42 Å². The zero-order chi connectivity index (χ0) is 14.9. The van der Waals surface area contributed by atoms with Gasteiger partial charge >= 0.3 is 5.97 Å². The first kappa shape index (κ1) is 14.8. The van der Waals surface area contributed by atoms with Gasteiger partial charge in [0.1, 0.15) is 10.0 Å². The fraction of sp³-hybridized carbons (Fsp3) is 0.200. The minimum absolute atomic E-state index is 0.0210. The van der Waals surface area contributed by atoms with Crippen LogP contribution < -0.4 is 4.72 Å². The van der Waals surface area contributed by atoms with Crippen LogP contribution in [-0.2, 0) is 21.8 Å². The molecule has 10 heteroatoms. The van der Waals surface area contributed by atoms with Crippen LogP contribution >= 0.6 is 22.9 Å². The van der Waals surface area contributed by atoms with Gasteiger partial charge in [0.15, 0.2) is 0 Å². The zero-order valence-electron chi connectivity index (χ0n) is 10.5. The second-order valence-electron chi connectivity index (χ2n) is 3.71. The molecule has 0 amide bonds. The van der Waals surface area contributed by atoms with E-state index in [9.17, 15) is 13.2 Å². The maximum absolute atomic E-state index is 12.2. The highest BCUT2D eigenvalue weighted by Crippen LogP contribution is 2.27. The third-order valence-electron chi connectivity index (χ3n) is 2.37. The number of hydrogen-bond donors (Lipinski definition) is 1. The first-order chi connectivity index (χ1) is 9.36. The highest BCUT2D eigenvalue weighted by atomic mass is 35.5. The van der Waals surface area contributed by atoms with E-state index in [4.69, 9.17) is 11.6 Å². The Kier molecular flexibility index (Phi) is 4.02. The van der Waals surface area contributed by atoms with Crippen LogP contribution in [0.25, 0.3) is 0 Å². The lowest BCUT2D eigenvalue weighted by Crippen LogP contribution is -2.15. The lowest BCUT2D eigenvalue weighted by molar-refractivity contribution is 0.0607. The third kappa shape index (κ3) is 2.65. The average Bonchev–Trinajstić information content (AvgIpc) is 2.96. The third-order valence-corrected chi connectivity index (χ3v) is 5.12. The number of thiophene rings is 1. The molecule has 0 spiro atoms. The lowest BCUT2D eigenvalue weighted by Gasteiger charge is -2.06. The van der Waals surface area contributed by atoms with Crippen LogP contribution in [0.1, 0.15) is 9.67 Å². The second kappa shape index (κ2) is 5.43. The fourth-order valence-electron chi connectivity index (χ4n) is 1.41. The summed E-state index contributed by atoms with van der Waals surface area (Å²) in [6.45, 7) is 0. The van der Waals surface area contributed by atoms with Gasteiger partial charge in [0.25, 0.3) is 10.0 Å². The smallest absolute Gasteiger partial charge is 0.350 e. The maximum Gasteiger partial charge on any atom is 0.350 e. The van der Waals surface area contributed by atoms with Crippen LogP contribution in [0.2, 0.25) is 5.15 Å². The normalized spacial score (nSPS) is 11.3. The number of aryl methyl sites for hydroxylation is 1. The fourth-order valence-corrected chi connectivity index (χ4v) is 3.74. The van der Waals surface area contributed by atoms with E-state index in [1.165, 1.54) is 24.1 Å². The molecule has 7 nitrogen and oxygen atoms in total. The molecule has 108 valence electrons. The number of anilines is 1. The van der Waals surface area contributed by atoms with E-state index >= 15 is 0 Å². The van der Waals surface area contributed by atoms with Crippen molar-refractivity contribution in [1.29, 1.82) is 0 Å². The summed E-state index contributed by atoms with van der Waals surface area (Å²) in [5.74, 6) is -0.621. The predicted molar refractivity (Wildman–Crippen MR) is 74.7 cm³/mol. The highest BCUT2D eigenvalue weighted by Gasteiger charge is 2.25. The van der Waals surface area contributed by atoms with E-state index < -0.39 is 16.0 Å². The van der Waals surface area contributed by atoms with Gasteiger partial charge in [0.05, 0.1) is 19.1 Å². The number of halogens is 1. The van der Waals surface area contributed by atoms with Gasteiger partial charge in [-0.3, -0.25) is 4.72 Å². The molecular formula is C10H10ClN3O4S2. The molecule has 0 saturated carbocycles. The molecule has 0 atom stereocenters. The first-order valence-corrected chi connectivity index (χ1v) is 7.96. The van der Waals surface area contributed by atoms with Crippen molar-refractivity contribution in [2.45, 2.75) is 5.03 Å². The number of carbonyl (C=O) groups is 1. The van der Waals surface area contributed by atoms with Crippen LogP contribution in [-0.4, -0.2) is 31.0 Å². The Morgan fingerprint density at radius 2 is 2.25 bits per heavy atom. The zero-order valence-corrected chi connectivity index (χ0v) is 12.8. The summed E-state index contributed by atoms with van der Waals surface area (Å²) in [6, 6.07) is 1.46. The minimum Gasteiger partial charge on any atom is -0.465 e. The minimum atomic E-state index is -3.97. The Balaban J connectivity index is 2.37. The van der Waals surface area contributed by atoms with Gasteiger partial charge in [0, 0.05) is 7.05 Å². The Bertz CT molecular complexity index is 750. The number of rotatable bonds is 4. The molecule has 2 heterocycles.